The summed E-state index contributed by atoms with van der Waals surface area (Å²) in [6, 6.07) is 3.32. The van der Waals surface area contributed by atoms with Gasteiger partial charge in [-0.05, 0) is 30.2 Å². The van der Waals surface area contributed by atoms with Crippen LogP contribution in [0.25, 0.3) is 5.57 Å². The summed E-state index contributed by atoms with van der Waals surface area (Å²) >= 11 is 5.81. The van der Waals surface area contributed by atoms with E-state index in [4.69, 9.17) is 27.9 Å². The minimum atomic E-state index is -4.49. The zero-order valence-corrected chi connectivity index (χ0v) is 17.2. The van der Waals surface area contributed by atoms with E-state index in [2.05, 4.69) is 15.6 Å². The zero-order valence-electron chi connectivity index (χ0n) is 16.4. The molecule has 0 radical (unpaired) electrons. The lowest BCUT2D eigenvalue weighted by Crippen LogP contribution is -2.82. The van der Waals surface area contributed by atoms with Gasteiger partial charge in [0.15, 0.2) is 11.4 Å². The van der Waals surface area contributed by atoms with Gasteiger partial charge in [0.05, 0.1) is 17.9 Å². The molecule has 0 amide bonds. The maximum Gasteiger partial charge on any atom is 0.416 e. The fourth-order valence-corrected chi connectivity index (χ4v) is 3.55. The molecule has 0 aromatic heterocycles. The molecule has 3 rings (SSSR count). The SMILES string of the molecule is CC(C)C1NC=NC=C1c1ccc(C(F)(F)F)cc1OC/C=C\[C@@]1(N)NC(Cl)N1N. The summed E-state index contributed by atoms with van der Waals surface area (Å²) in [6.45, 7) is 3.99. The Morgan fingerprint density at radius 3 is 2.73 bits per heavy atom. The predicted octanol–water partition coefficient (Wildman–Crippen LogP) is 2.55. The van der Waals surface area contributed by atoms with Crippen LogP contribution in [0.1, 0.15) is 25.0 Å². The highest BCUT2D eigenvalue weighted by Gasteiger charge is 2.44. The van der Waals surface area contributed by atoms with Gasteiger partial charge in [0, 0.05) is 17.3 Å². The highest BCUT2D eigenvalue weighted by molar-refractivity contribution is 6.20. The van der Waals surface area contributed by atoms with Crippen LogP contribution in [0, 0.1) is 5.92 Å². The molecule has 3 atom stereocenters. The van der Waals surface area contributed by atoms with Gasteiger partial charge in [-0.15, -0.1) is 0 Å². The minimum Gasteiger partial charge on any atom is -0.489 e. The van der Waals surface area contributed by atoms with Crippen molar-refractivity contribution in [1.82, 2.24) is 15.6 Å². The quantitative estimate of drug-likeness (QED) is 0.233. The van der Waals surface area contributed by atoms with Crippen LogP contribution in [0.5, 0.6) is 5.75 Å². The Labute approximate surface area is 177 Å². The van der Waals surface area contributed by atoms with Gasteiger partial charge in [-0.1, -0.05) is 31.5 Å². The van der Waals surface area contributed by atoms with Gasteiger partial charge in [0.2, 0.25) is 0 Å². The molecule has 0 spiro atoms. The number of nitrogens with one attached hydrogen (secondary N) is 2. The van der Waals surface area contributed by atoms with Crippen LogP contribution >= 0.6 is 11.6 Å². The molecule has 164 valence electrons. The molecule has 0 saturated carbocycles. The van der Waals surface area contributed by atoms with Crippen molar-refractivity contribution in [3.8, 4) is 5.75 Å². The number of halogens is 4. The zero-order chi connectivity index (χ0) is 22.1. The normalized spacial score (nSPS) is 27.2. The van der Waals surface area contributed by atoms with Gasteiger partial charge in [0.25, 0.3) is 0 Å². The van der Waals surface area contributed by atoms with Crippen LogP contribution in [0.15, 0.2) is 41.5 Å². The van der Waals surface area contributed by atoms with Gasteiger partial charge >= 0.3 is 6.18 Å². The molecular formula is C19H24ClF3N6O. The van der Waals surface area contributed by atoms with E-state index in [0.717, 1.165) is 17.7 Å². The molecule has 0 aliphatic carbocycles. The van der Waals surface area contributed by atoms with Crippen LogP contribution < -0.4 is 26.9 Å². The molecule has 1 aromatic carbocycles. The van der Waals surface area contributed by atoms with E-state index in [0.29, 0.717) is 5.56 Å². The standard InChI is InChI=1S/C19H24ClF3N6O/c1-11(2)16-14(9-26-10-27-16)13-5-4-12(19(21,22)23)8-15(13)30-7-3-6-18(24)28-17(20)29(18)25/h3-6,8-11,16-17,28H,7,24-25H2,1-2H3,(H,26,27)/b6-3-/t16?,17?,18-/m1/s1. The van der Waals surface area contributed by atoms with Crippen molar-refractivity contribution < 1.29 is 17.9 Å². The number of nitrogens with two attached hydrogens (primary N) is 2. The molecule has 11 heteroatoms. The van der Waals surface area contributed by atoms with E-state index in [9.17, 15) is 13.2 Å². The molecule has 0 bridgehead atoms. The van der Waals surface area contributed by atoms with Crippen molar-refractivity contribution in [1.29, 1.82) is 0 Å². The van der Waals surface area contributed by atoms with Crippen LogP contribution in [0.4, 0.5) is 13.2 Å². The Balaban J connectivity index is 1.85. The Morgan fingerprint density at radius 2 is 2.13 bits per heavy atom. The monoisotopic (exact) mass is 444 g/mol. The average Bonchev–Trinajstić information content (AvgIpc) is 2.70. The lowest BCUT2D eigenvalue weighted by Gasteiger charge is -2.49. The van der Waals surface area contributed by atoms with E-state index in [1.165, 1.54) is 17.2 Å². The number of hydrogen-bond donors (Lipinski definition) is 4. The Bertz CT molecular complexity index is 872. The highest BCUT2D eigenvalue weighted by atomic mass is 35.5. The minimum absolute atomic E-state index is 0.0218. The second-order valence-corrected chi connectivity index (χ2v) is 7.80. The molecule has 2 unspecified atom stereocenters. The van der Waals surface area contributed by atoms with Crippen molar-refractivity contribution in [3.05, 3.63) is 47.7 Å². The number of hydrazine groups is 1. The number of ether oxygens (including phenoxy) is 1. The maximum absolute atomic E-state index is 13.2. The lowest BCUT2D eigenvalue weighted by molar-refractivity contribution is -0.137. The molecule has 1 saturated heterocycles. The van der Waals surface area contributed by atoms with Crippen molar-refractivity contribution in [2.24, 2.45) is 22.5 Å². The maximum atomic E-state index is 13.2. The second kappa shape index (κ2) is 8.56. The van der Waals surface area contributed by atoms with Gasteiger partial charge in [-0.3, -0.25) is 16.9 Å². The molecule has 2 aliphatic heterocycles. The second-order valence-electron chi connectivity index (χ2n) is 7.39. The number of benzene rings is 1. The van der Waals surface area contributed by atoms with Gasteiger partial charge in [0.1, 0.15) is 12.4 Å². The van der Waals surface area contributed by atoms with Crippen molar-refractivity contribution in [2.75, 3.05) is 6.61 Å². The van der Waals surface area contributed by atoms with E-state index in [1.54, 1.807) is 18.6 Å². The fraction of sp³-hybridized carbons (Fsp3) is 0.421. The van der Waals surface area contributed by atoms with E-state index < -0.39 is 23.2 Å². The van der Waals surface area contributed by atoms with E-state index >= 15 is 0 Å². The third kappa shape index (κ3) is 4.62. The summed E-state index contributed by atoms with van der Waals surface area (Å²) < 4.78 is 45.4. The lowest BCUT2D eigenvalue weighted by atomic mass is 9.90. The molecule has 1 fully saturated rings. The Morgan fingerprint density at radius 1 is 1.40 bits per heavy atom. The molecule has 6 N–H and O–H groups in total. The predicted molar refractivity (Wildman–Crippen MR) is 110 cm³/mol. The van der Waals surface area contributed by atoms with Gasteiger partial charge in [-0.2, -0.15) is 18.2 Å². The van der Waals surface area contributed by atoms with E-state index in [-0.39, 0.29) is 24.3 Å². The van der Waals surface area contributed by atoms with Crippen LogP contribution in [0.2, 0.25) is 0 Å². The largest absolute Gasteiger partial charge is 0.489 e. The first-order chi connectivity index (χ1) is 14.0. The van der Waals surface area contributed by atoms with Crippen LogP contribution in [0.3, 0.4) is 0 Å². The number of rotatable bonds is 6. The summed E-state index contributed by atoms with van der Waals surface area (Å²) in [6.07, 6.45) is 1.80. The molecular weight excluding hydrogens is 421 g/mol. The van der Waals surface area contributed by atoms with Crippen molar-refractivity contribution in [2.45, 2.75) is 37.5 Å². The van der Waals surface area contributed by atoms with Gasteiger partial charge in [-0.25, -0.2) is 4.99 Å². The third-order valence-corrected chi connectivity index (χ3v) is 5.21. The number of hydrogen-bond acceptors (Lipinski definition) is 7. The van der Waals surface area contributed by atoms with Crippen LogP contribution in [-0.2, 0) is 6.18 Å². The summed E-state index contributed by atoms with van der Waals surface area (Å²) in [5, 5.41) is 7.14. The topological polar surface area (TPSA) is 101 Å². The Kier molecular flexibility index (Phi) is 6.44. The molecule has 2 aliphatic rings. The van der Waals surface area contributed by atoms with E-state index in [1.807, 2.05) is 13.8 Å². The molecule has 1 aromatic rings. The average molecular weight is 445 g/mol. The smallest absolute Gasteiger partial charge is 0.416 e. The van der Waals surface area contributed by atoms with Crippen molar-refractivity contribution >= 4 is 23.5 Å². The first kappa shape index (κ1) is 22.6. The van der Waals surface area contributed by atoms with Crippen molar-refractivity contribution in [3.63, 3.8) is 0 Å². The summed E-state index contributed by atoms with van der Waals surface area (Å²) in [7, 11) is 0. The Hall–Kier alpha value is -2.11. The first-order valence-corrected chi connectivity index (χ1v) is 9.71. The highest BCUT2D eigenvalue weighted by Crippen LogP contribution is 2.37. The molecule has 7 nitrogen and oxygen atoms in total. The first-order valence-electron chi connectivity index (χ1n) is 9.27. The molecule has 30 heavy (non-hydrogen) atoms. The number of aliphatic imine (C=N–C) groups is 1. The van der Waals surface area contributed by atoms with Gasteiger partial charge < -0.3 is 10.1 Å². The summed E-state index contributed by atoms with van der Waals surface area (Å²) in [4.78, 5) is 4.10. The third-order valence-electron chi connectivity index (χ3n) is 4.89. The summed E-state index contributed by atoms with van der Waals surface area (Å²) in [5.74, 6) is 4.83. The summed E-state index contributed by atoms with van der Waals surface area (Å²) in [5.41, 5.74) is 5.85. The number of alkyl halides is 4. The fourth-order valence-electron chi connectivity index (χ4n) is 3.21. The number of nitrogens with zero attached hydrogens (tertiary/aromatic N) is 2. The van der Waals surface area contributed by atoms with Crippen LogP contribution in [-0.4, -0.2) is 35.4 Å². The molecule has 2 heterocycles.